The number of hydrogen-bond acceptors (Lipinski definition) is 2. The summed E-state index contributed by atoms with van der Waals surface area (Å²) in [4.78, 5) is 3.48. The van der Waals surface area contributed by atoms with E-state index in [2.05, 4.69) is 20.9 Å². The van der Waals surface area contributed by atoms with E-state index in [-0.39, 0.29) is 16.6 Å². The highest BCUT2D eigenvalue weighted by Crippen LogP contribution is 2.36. The predicted molar refractivity (Wildman–Crippen MR) is 46.3 cm³/mol. The van der Waals surface area contributed by atoms with E-state index in [1.54, 1.807) is 6.07 Å². The summed E-state index contributed by atoms with van der Waals surface area (Å²) in [5.41, 5.74) is -0.941. The molecule has 0 atom stereocenters. The molecule has 0 unspecified atom stereocenters. The van der Waals surface area contributed by atoms with Crippen LogP contribution in [0.25, 0.3) is 0 Å². The quantitative estimate of drug-likeness (QED) is 0.732. The minimum atomic E-state index is -4.49. The molecule has 1 aromatic heterocycles. The first-order valence-corrected chi connectivity index (χ1v) is 4.33. The second-order valence-corrected chi connectivity index (χ2v) is 3.22. The van der Waals surface area contributed by atoms with Crippen molar-refractivity contribution in [2.75, 3.05) is 0 Å². The molecule has 0 aromatic carbocycles. The van der Waals surface area contributed by atoms with Gasteiger partial charge in [-0.15, -0.1) is 0 Å². The van der Waals surface area contributed by atoms with E-state index >= 15 is 0 Å². The van der Waals surface area contributed by atoms with Crippen LogP contribution < -0.4 is 0 Å². The molecule has 0 N–H and O–H groups in total. The summed E-state index contributed by atoms with van der Waals surface area (Å²) in [6.07, 6.45) is -3.54. The Kier molecular flexibility index (Phi) is 3.11. The van der Waals surface area contributed by atoms with Crippen LogP contribution in [0.2, 0.25) is 0 Å². The highest BCUT2D eigenvalue weighted by Gasteiger charge is 2.36. The molecule has 0 aliphatic carbocycles. The Hall–Kier alpha value is -1.09. The third kappa shape index (κ3) is 2.23. The van der Waals surface area contributed by atoms with Crippen LogP contribution in [0.5, 0.6) is 0 Å². The van der Waals surface area contributed by atoms with Gasteiger partial charge < -0.3 is 0 Å². The van der Waals surface area contributed by atoms with Crippen molar-refractivity contribution in [3.05, 3.63) is 28.0 Å². The Morgan fingerprint density at radius 1 is 1.50 bits per heavy atom. The predicted octanol–water partition coefficient (Wildman–Crippen LogP) is 2.93. The number of aromatic nitrogens is 1. The molecule has 0 radical (unpaired) electrons. The summed E-state index contributed by atoms with van der Waals surface area (Å²) in [6, 6.07) is 2.87. The second kappa shape index (κ2) is 3.96. The van der Waals surface area contributed by atoms with E-state index in [0.29, 0.717) is 0 Å². The maximum Gasteiger partial charge on any atom is 0.419 e. The molecule has 0 fully saturated rings. The average molecular weight is 265 g/mol. The van der Waals surface area contributed by atoms with Crippen molar-refractivity contribution < 1.29 is 13.2 Å². The lowest BCUT2D eigenvalue weighted by Crippen LogP contribution is -2.11. The van der Waals surface area contributed by atoms with Gasteiger partial charge in [0, 0.05) is 6.20 Å². The van der Waals surface area contributed by atoms with Gasteiger partial charge in [-0.1, -0.05) is 0 Å². The van der Waals surface area contributed by atoms with Crippen molar-refractivity contribution in [3.8, 4) is 6.07 Å². The molecule has 74 valence electrons. The van der Waals surface area contributed by atoms with Crippen molar-refractivity contribution in [1.29, 1.82) is 5.26 Å². The zero-order valence-electron chi connectivity index (χ0n) is 6.77. The van der Waals surface area contributed by atoms with Gasteiger partial charge in [0.05, 0.1) is 18.1 Å². The topological polar surface area (TPSA) is 36.7 Å². The van der Waals surface area contributed by atoms with Gasteiger partial charge in [-0.2, -0.15) is 18.4 Å². The highest BCUT2D eigenvalue weighted by molar-refractivity contribution is 9.10. The second-order valence-electron chi connectivity index (χ2n) is 2.47. The van der Waals surface area contributed by atoms with Crippen molar-refractivity contribution in [2.45, 2.75) is 12.6 Å². The fourth-order valence-corrected chi connectivity index (χ4v) is 1.60. The van der Waals surface area contributed by atoms with Gasteiger partial charge >= 0.3 is 6.18 Å². The highest BCUT2D eigenvalue weighted by atomic mass is 79.9. The maximum absolute atomic E-state index is 12.5. The normalized spacial score (nSPS) is 11.1. The smallest absolute Gasteiger partial charge is 0.249 e. The number of alkyl halides is 3. The van der Waals surface area contributed by atoms with E-state index in [4.69, 9.17) is 5.26 Å². The summed E-state index contributed by atoms with van der Waals surface area (Å²) in [7, 11) is 0. The maximum atomic E-state index is 12.5. The molecule has 0 spiro atoms. The van der Waals surface area contributed by atoms with E-state index < -0.39 is 11.7 Å². The van der Waals surface area contributed by atoms with Gasteiger partial charge in [0.25, 0.3) is 0 Å². The molecule has 1 aromatic rings. The van der Waals surface area contributed by atoms with Gasteiger partial charge in [-0.25, -0.2) is 4.98 Å². The zero-order chi connectivity index (χ0) is 10.8. The van der Waals surface area contributed by atoms with E-state index in [9.17, 15) is 13.2 Å². The van der Waals surface area contributed by atoms with Gasteiger partial charge in [0.15, 0.2) is 0 Å². The Morgan fingerprint density at radius 2 is 2.14 bits per heavy atom. The molecule has 0 saturated heterocycles. The molecule has 1 rings (SSSR count). The number of halogens is 4. The standard InChI is InChI=1S/C8H4BrF3N2/c9-7-6(8(10,11)12)5(1-3-13)2-4-14-7/h2,4H,1H2. The van der Waals surface area contributed by atoms with Crippen LogP contribution in [-0.4, -0.2) is 4.98 Å². The molecule has 14 heavy (non-hydrogen) atoms. The minimum Gasteiger partial charge on any atom is -0.249 e. The fourth-order valence-electron chi connectivity index (χ4n) is 1.00. The van der Waals surface area contributed by atoms with Crippen LogP contribution in [0.15, 0.2) is 16.9 Å². The number of rotatable bonds is 1. The molecule has 6 heteroatoms. The first-order valence-electron chi connectivity index (χ1n) is 3.54. The Morgan fingerprint density at radius 3 is 2.64 bits per heavy atom. The number of nitrogens with zero attached hydrogens (tertiary/aromatic N) is 2. The van der Waals surface area contributed by atoms with Crippen molar-refractivity contribution in [1.82, 2.24) is 4.98 Å². The molecular formula is C8H4BrF3N2. The van der Waals surface area contributed by atoms with Gasteiger partial charge in [0.2, 0.25) is 0 Å². The lowest BCUT2D eigenvalue weighted by Gasteiger charge is -2.11. The Balaban J connectivity index is 3.31. The molecule has 0 saturated carbocycles. The first-order chi connectivity index (χ1) is 6.46. The van der Waals surface area contributed by atoms with Crippen LogP contribution in [0.1, 0.15) is 11.1 Å². The van der Waals surface area contributed by atoms with Crippen LogP contribution in [0, 0.1) is 11.3 Å². The summed E-state index contributed by atoms with van der Waals surface area (Å²) >= 11 is 2.71. The number of hydrogen-bond donors (Lipinski definition) is 0. The summed E-state index contributed by atoms with van der Waals surface area (Å²) in [5, 5.41) is 8.35. The summed E-state index contributed by atoms with van der Waals surface area (Å²) in [5.74, 6) is 0. The molecule has 2 nitrogen and oxygen atoms in total. The van der Waals surface area contributed by atoms with Crippen molar-refractivity contribution in [2.24, 2.45) is 0 Å². The first kappa shape index (κ1) is 11.0. The molecule has 1 heterocycles. The Bertz CT molecular complexity index is 381. The monoisotopic (exact) mass is 264 g/mol. The van der Waals surface area contributed by atoms with Crippen LogP contribution >= 0.6 is 15.9 Å². The molecule has 0 aliphatic rings. The molecular weight excluding hydrogens is 261 g/mol. The lowest BCUT2D eigenvalue weighted by atomic mass is 10.1. The summed E-state index contributed by atoms with van der Waals surface area (Å²) < 4.78 is 37.1. The van der Waals surface area contributed by atoms with Crippen molar-refractivity contribution in [3.63, 3.8) is 0 Å². The van der Waals surface area contributed by atoms with E-state index in [0.717, 1.165) is 0 Å². The van der Waals surface area contributed by atoms with Crippen LogP contribution in [-0.2, 0) is 12.6 Å². The molecule has 0 aliphatic heterocycles. The SMILES string of the molecule is N#CCc1ccnc(Br)c1C(F)(F)F. The third-order valence-corrected chi connectivity index (χ3v) is 2.15. The number of nitriles is 1. The molecule has 0 amide bonds. The van der Waals surface area contributed by atoms with Crippen LogP contribution in [0.4, 0.5) is 13.2 Å². The van der Waals surface area contributed by atoms with Crippen molar-refractivity contribution >= 4 is 15.9 Å². The lowest BCUT2D eigenvalue weighted by molar-refractivity contribution is -0.139. The van der Waals surface area contributed by atoms with E-state index in [1.165, 1.54) is 12.3 Å². The number of pyridine rings is 1. The Labute approximate surface area is 86.5 Å². The van der Waals surface area contributed by atoms with Gasteiger partial charge in [0.1, 0.15) is 4.60 Å². The van der Waals surface area contributed by atoms with Crippen LogP contribution in [0.3, 0.4) is 0 Å². The van der Waals surface area contributed by atoms with E-state index in [1.807, 2.05) is 0 Å². The summed E-state index contributed by atoms with van der Waals surface area (Å²) in [6.45, 7) is 0. The molecule has 0 bridgehead atoms. The fraction of sp³-hybridized carbons (Fsp3) is 0.250. The largest absolute Gasteiger partial charge is 0.419 e. The van der Waals surface area contributed by atoms with Gasteiger partial charge in [-0.3, -0.25) is 0 Å². The third-order valence-electron chi connectivity index (χ3n) is 1.54. The van der Waals surface area contributed by atoms with Gasteiger partial charge in [-0.05, 0) is 27.6 Å². The minimum absolute atomic E-state index is 0.0677. The average Bonchev–Trinajstić information content (AvgIpc) is 2.02. The zero-order valence-corrected chi connectivity index (χ0v) is 8.35.